The topological polar surface area (TPSA) is 20.2 Å². The van der Waals surface area contributed by atoms with E-state index in [-0.39, 0.29) is 4.32 Å². The van der Waals surface area contributed by atoms with Gasteiger partial charge in [-0.15, -0.1) is 0 Å². The van der Waals surface area contributed by atoms with Gasteiger partial charge in [-0.05, 0) is 12.5 Å². The Bertz CT molecular complexity index is 338. The standard InChI is InChI=1S/C18H30Br2O/c1-2-3-4-5-6-7-8-9-10-11-14-18(20)15-12-13-16(19)17(18)21/h12-13,15,17,21H,2-11,14H2,1H3. The molecule has 0 heterocycles. The highest BCUT2D eigenvalue weighted by molar-refractivity contribution is 9.12. The van der Waals surface area contributed by atoms with Crippen LogP contribution in [0.25, 0.3) is 0 Å². The van der Waals surface area contributed by atoms with Crippen LogP contribution in [0.4, 0.5) is 0 Å². The Kier molecular flexibility index (Phi) is 10.2. The van der Waals surface area contributed by atoms with Gasteiger partial charge in [0.05, 0.1) is 4.32 Å². The molecule has 0 aromatic carbocycles. The quantitative estimate of drug-likeness (QED) is 0.292. The van der Waals surface area contributed by atoms with Crippen LogP contribution in [0.2, 0.25) is 0 Å². The SMILES string of the molecule is CCCCCCCCCCCCC1(Br)C=CC=C(Br)C1O. The largest absolute Gasteiger partial charge is 0.386 e. The molecule has 1 aliphatic rings. The maximum atomic E-state index is 10.2. The summed E-state index contributed by atoms with van der Waals surface area (Å²) in [5, 5.41) is 10.2. The van der Waals surface area contributed by atoms with Gasteiger partial charge in [-0.3, -0.25) is 0 Å². The van der Waals surface area contributed by atoms with Crippen LogP contribution in [-0.4, -0.2) is 15.5 Å². The monoisotopic (exact) mass is 420 g/mol. The second kappa shape index (κ2) is 11.0. The number of alkyl halides is 1. The number of aliphatic hydroxyl groups excluding tert-OH is 1. The molecule has 0 aromatic heterocycles. The fraction of sp³-hybridized carbons (Fsp3) is 0.778. The number of allylic oxidation sites excluding steroid dienone is 2. The van der Waals surface area contributed by atoms with Crippen molar-refractivity contribution in [2.45, 2.75) is 88.0 Å². The fourth-order valence-corrected chi connectivity index (χ4v) is 4.36. The fourth-order valence-electron chi connectivity index (χ4n) is 2.81. The molecule has 0 saturated carbocycles. The van der Waals surface area contributed by atoms with Crippen LogP contribution in [0.1, 0.15) is 77.6 Å². The molecule has 3 heteroatoms. The summed E-state index contributed by atoms with van der Waals surface area (Å²) in [6, 6.07) is 0. The minimum atomic E-state index is -0.457. The molecule has 0 aromatic rings. The first kappa shape index (κ1) is 19.4. The molecule has 0 spiro atoms. The van der Waals surface area contributed by atoms with Gasteiger partial charge in [-0.1, -0.05) is 115 Å². The summed E-state index contributed by atoms with van der Waals surface area (Å²) in [6.07, 6.45) is 20.0. The van der Waals surface area contributed by atoms with Gasteiger partial charge in [0, 0.05) is 4.48 Å². The van der Waals surface area contributed by atoms with Crippen molar-refractivity contribution >= 4 is 31.9 Å². The third-order valence-corrected chi connectivity index (χ3v) is 6.05. The second-order valence-corrected chi connectivity index (χ2v) is 8.56. The van der Waals surface area contributed by atoms with Gasteiger partial charge in [0.25, 0.3) is 0 Å². The van der Waals surface area contributed by atoms with E-state index in [1.54, 1.807) is 0 Å². The van der Waals surface area contributed by atoms with E-state index >= 15 is 0 Å². The van der Waals surface area contributed by atoms with Crippen molar-refractivity contribution in [3.63, 3.8) is 0 Å². The number of halogens is 2. The lowest BCUT2D eigenvalue weighted by Crippen LogP contribution is -2.36. The van der Waals surface area contributed by atoms with Gasteiger partial charge in [0.1, 0.15) is 6.10 Å². The molecule has 122 valence electrons. The zero-order chi connectivity index (χ0) is 15.6. The van der Waals surface area contributed by atoms with Crippen LogP contribution in [0, 0.1) is 0 Å². The average Bonchev–Trinajstić information content (AvgIpc) is 2.47. The minimum Gasteiger partial charge on any atom is -0.386 e. The van der Waals surface area contributed by atoms with Crippen LogP contribution >= 0.6 is 31.9 Å². The van der Waals surface area contributed by atoms with E-state index in [2.05, 4.69) is 44.9 Å². The van der Waals surface area contributed by atoms with E-state index in [1.807, 2.05) is 12.2 Å². The summed E-state index contributed by atoms with van der Waals surface area (Å²) in [4.78, 5) is 0. The van der Waals surface area contributed by atoms with Crippen LogP contribution < -0.4 is 0 Å². The summed E-state index contributed by atoms with van der Waals surface area (Å²) >= 11 is 7.14. The smallest absolute Gasteiger partial charge is 0.104 e. The van der Waals surface area contributed by atoms with Crippen molar-refractivity contribution in [3.05, 3.63) is 22.7 Å². The first-order valence-electron chi connectivity index (χ1n) is 8.52. The lowest BCUT2D eigenvalue weighted by molar-refractivity contribution is 0.185. The van der Waals surface area contributed by atoms with E-state index in [9.17, 15) is 5.11 Å². The van der Waals surface area contributed by atoms with Crippen LogP contribution in [-0.2, 0) is 0 Å². The number of hydrogen-bond donors (Lipinski definition) is 1. The van der Waals surface area contributed by atoms with Crippen molar-refractivity contribution in [2.75, 3.05) is 0 Å². The summed E-state index contributed by atoms with van der Waals surface area (Å²) in [6.45, 7) is 2.27. The molecular weight excluding hydrogens is 392 g/mol. The Morgan fingerprint density at radius 3 is 2.10 bits per heavy atom. The van der Waals surface area contributed by atoms with Crippen LogP contribution in [0.3, 0.4) is 0 Å². The summed E-state index contributed by atoms with van der Waals surface area (Å²) in [5.74, 6) is 0. The Balaban J connectivity index is 2.02. The van der Waals surface area contributed by atoms with Crippen molar-refractivity contribution in [1.82, 2.24) is 0 Å². The number of aliphatic hydroxyl groups is 1. The molecule has 2 atom stereocenters. The predicted molar refractivity (Wildman–Crippen MR) is 100 cm³/mol. The molecule has 0 saturated heterocycles. The molecule has 0 amide bonds. The summed E-state index contributed by atoms with van der Waals surface area (Å²) < 4.78 is 0.592. The van der Waals surface area contributed by atoms with Crippen molar-refractivity contribution in [1.29, 1.82) is 0 Å². The van der Waals surface area contributed by atoms with Gasteiger partial charge < -0.3 is 5.11 Å². The van der Waals surface area contributed by atoms with E-state index in [1.165, 1.54) is 64.2 Å². The number of unbranched alkanes of at least 4 members (excludes halogenated alkanes) is 9. The normalized spacial score (nSPS) is 25.1. The number of hydrogen-bond acceptors (Lipinski definition) is 1. The van der Waals surface area contributed by atoms with Gasteiger partial charge in [-0.2, -0.15) is 0 Å². The molecule has 0 aliphatic heterocycles. The average molecular weight is 422 g/mol. The molecule has 0 bridgehead atoms. The van der Waals surface area contributed by atoms with Crippen molar-refractivity contribution < 1.29 is 5.11 Å². The van der Waals surface area contributed by atoms with Gasteiger partial charge >= 0.3 is 0 Å². The Hall–Kier alpha value is 0.400. The molecule has 21 heavy (non-hydrogen) atoms. The van der Waals surface area contributed by atoms with Gasteiger partial charge in [-0.25, -0.2) is 0 Å². The lowest BCUT2D eigenvalue weighted by Gasteiger charge is -2.31. The molecule has 1 rings (SSSR count). The molecule has 1 aliphatic carbocycles. The Morgan fingerprint density at radius 2 is 1.52 bits per heavy atom. The molecule has 1 N–H and O–H groups in total. The van der Waals surface area contributed by atoms with Crippen molar-refractivity contribution in [2.24, 2.45) is 0 Å². The molecule has 0 fully saturated rings. The zero-order valence-electron chi connectivity index (χ0n) is 13.3. The molecular formula is C18H30Br2O. The highest BCUT2D eigenvalue weighted by Crippen LogP contribution is 2.38. The number of rotatable bonds is 11. The maximum absolute atomic E-state index is 10.2. The maximum Gasteiger partial charge on any atom is 0.104 e. The van der Waals surface area contributed by atoms with Crippen LogP contribution in [0.5, 0.6) is 0 Å². The molecule has 0 radical (unpaired) electrons. The summed E-state index contributed by atoms with van der Waals surface area (Å²) in [7, 11) is 0. The highest BCUT2D eigenvalue weighted by atomic mass is 79.9. The van der Waals surface area contributed by atoms with Gasteiger partial charge in [0.15, 0.2) is 0 Å². The minimum absolute atomic E-state index is 0.277. The third-order valence-electron chi connectivity index (χ3n) is 4.26. The second-order valence-electron chi connectivity index (χ2n) is 6.17. The predicted octanol–water partition coefficient (Wildman–Crippen LogP) is 6.64. The van der Waals surface area contributed by atoms with E-state index < -0.39 is 6.10 Å². The van der Waals surface area contributed by atoms with E-state index in [0.717, 1.165) is 10.9 Å². The van der Waals surface area contributed by atoms with Crippen LogP contribution in [0.15, 0.2) is 22.7 Å². The first-order chi connectivity index (χ1) is 10.1. The first-order valence-corrected chi connectivity index (χ1v) is 10.1. The van der Waals surface area contributed by atoms with E-state index in [4.69, 9.17) is 0 Å². The summed E-state index contributed by atoms with van der Waals surface area (Å²) in [5.41, 5.74) is 0. The van der Waals surface area contributed by atoms with Gasteiger partial charge in [0.2, 0.25) is 0 Å². The highest BCUT2D eigenvalue weighted by Gasteiger charge is 2.35. The van der Waals surface area contributed by atoms with E-state index in [0.29, 0.717) is 0 Å². The molecule has 2 unspecified atom stereocenters. The zero-order valence-corrected chi connectivity index (χ0v) is 16.5. The third kappa shape index (κ3) is 7.47. The Labute approximate surface area is 147 Å². The molecule has 1 nitrogen and oxygen atoms in total. The lowest BCUT2D eigenvalue weighted by atomic mass is 9.91. The Morgan fingerprint density at radius 1 is 1.00 bits per heavy atom. The van der Waals surface area contributed by atoms with Crippen molar-refractivity contribution in [3.8, 4) is 0 Å².